The van der Waals surface area contributed by atoms with Crippen LogP contribution >= 0.6 is 15.9 Å². The number of rotatable bonds is 11. The highest BCUT2D eigenvalue weighted by atomic mass is 79.9. The zero-order valence-electron chi connectivity index (χ0n) is 21.4. The average Bonchev–Trinajstić information content (AvgIpc) is 2.95. The number of aliphatic hydroxyl groups is 1. The zero-order chi connectivity index (χ0) is 27.0. The molecule has 4 N–H and O–H groups in total. The lowest BCUT2D eigenvalue weighted by Crippen LogP contribution is -2.24. The fourth-order valence-electron chi connectivity index (χ4n) is 4.46. The number of ether oxygens (including phenoxy) is 1. The lowest BCUT2D eigenvalue weighted by Gasteiger charge is -2.17. The number of nitrogens with one attached hydrogen (secondary N) is 3. The molecule has 39 heavy (non-hydrogen) atoms. The molecule has 0 saturated heterocycles. The SMILES string of the molecule is O=c1ccc2c([C@@H](O)CNCCc3ccc(Nc4cccc(Br)c4)cc3)ccc(OCc3ccccc3)c2[nH]1. The van der Waals surface area contributed by atoms with Gasteiger partial charge < -0.3 is 25.5 Å². The van der Waals surface area contributed by atoms with Gasteiger partial charge in [-0.25, -0.2) is 0 Å². The third-order valence-electron chi connectivity index (χ3n) is 6.48. The maximum absolute atomic E-state index is 12.1. The Morgan fingerprint density at radius 1 is 0.846 bits per heavy atom. The standard InChI is InChI=1S/C32H30BrN3O3/c33-24-7-4-8-26(19-24)35-25-11-9-22(10-12-25)17-18-34-20-29(37)27-13-15-30(32-28(27)14-16-31(38)36-32)39-21-23-5-2-1-3-6-23/h1-16,19,29,34-35,37H,17-18,20-21H2,(H,36,38)/t29-/m0/s1. The third-order valence-corrected chi connectivity index (χ3v) is 6.98. The molecule has 0 aliphatic rings. The van der Waals surface area contributed by atoms with Crippen molar-refractivity contribution in [3.05, 3.63) is 135 Å². The summed E-state index contributed by atoms with van der Waals surface area (Å²) in [5, 5.41) is 18.5. The van der Waals surface area contributed by atoms with Crippen molar-refractivity contribution in [3.8, 4) is 5.75 Å². The minimum atomic E-state index is -0.738. The van der Waals surface area contributed by atoms with Gasteiger partial charge in [-0.05, 0) is 72.1 Å². The van der Waals surface area contributed by atoms with Crippen LogP contribution in [0.15, 0.2) is 112 Å². The molecule has 1 aromatic heterocycles. The Morgan fingerprint density at radius 2 is 1.67 bits per heavy atom. The van der Waals surface area contributed by atoms with Crippen molar-refractivity contribution in [1.82, 2.24) is 10.3 Å². The van der Waals surface area contributed by atoms with E-state index in [1.165, 1.54) is 11.6 Å². The molecule has 0 saturated carbocycles. The first-order chi connectivity index (χ1) is 19.0. The number of aliphatic hydroxyl groups excluding tert-OH is 1. The van der Waals surface area contributed by atoms with Gasteiger partial charge in [-0.3, -0.25) is 4.79 Å². The van der Waals surface area contributed by atoms with Crippen molar-refractivity contribution >= 4 is 38.2 Å². The Kier molecular flexibility index (Phi) is 8.73. The van der Waals surface area contributed by atoms with E-state index in [1.807, 2.05) is 66.7 Å². The number of benzene rings is 4. The molecule has 1 atom stereocenters. The largest absolute Gasteiger partial charge is 0.487 e. The van der Waals surface area contributed by atoms with Crippen molar-refractivity contribution in [2.75, 3.05) is 18.4 Å². The summed E-state index contributed by atoms with van der Waals surface area (Å²) in [6.07, 6.45) is 0.0999. The van der Waals surface area contributed by atoms with Crippen molar-refractivity contribution in [3.63, 3.8) is 0 Å². The Bertz CT molecular complexity index is 1590. The normalized spacial score (nSPS) is 11.8. The molecule has 0 unspecified atom stereocenters. The van der Waals surface area contributed by atoms with Crippen molar-refractivity contribution in [2.45, 2.75) is 19.1 Å². The molecule has 1 heterocycles. The van der Waals surface area contributed by atoms with Gasteiger partial charge in [0, 0.05) is 33.8 Å². The number of halogens is 1. The molecule has 7 heteroatoms. The van der Waals surface area contributed by atoms with E-state index in [0.29, 0.717) is 24.4 Å². The molecule has 6 nitrogen and oxygen atoms in total. The summed E-state index contributed by atoms with van der Waals surface area (Å²) in [5.41, 5.74) is 5.42. The second-order valence-electron chi connectivity index (χ2n) is 9.34. The first-order valence-corrected chi connectivity index (χ1v) is 13.7. The topological polar surface area (TPSA) is 86.4 Å². The summed E-state index contributed by atoms with van der Waals surface area (Å²) in [6.45, 7) is 1.50. The quantitative estimate of drug-likeness (QED) is 0.134. The Morgan fingerprint density at radius 3 is 2.46 bits per heavy atom. The summed E-state index contributed by atoms with van der Waals surface area (Å²) in [5.74, 6) is 0.577. The van der Waals surface area contributed by atoms with Crippen molar-refractivity contribution in [1.29, 1.82) is 0 Å². The van der Waals surface area contributed by atoms with E-state index in [2.05, 4.69) is 55.8 Å². The first kappa shape index (κ1) is 26.7. The van der Waals surface area contributed by atoms with Gasteiger partial charge in [-0.15, -0.1) is 0 Å². The van der Waals surface area contributed by atoms with Crippen LogP contribution < -0.4 is 20.9 Å². The molecule has 0 bridgehead atoms. The highest BCUT2D eigenvalue weighted by molar-refractivity contribution is 9.10. The predicted molar refractivity (Wildman–Crippen MR) is 161 cm³/mol. The monoisotopic (exact) mass is 583 g/mol. The van der Waals surface area contributed by atoms with Gasteiger partial charge in [0.05, 0.1) is 11.6 Å². The molecule has 5 rings (SSSR count). The summed E-state index contributed by atoms with van der Waals surface area (Å²) < 4.78 is 7.05. The number of aromatic amines is 1. The maximum atomic E-state index is 12.1. The molecule has 5 aromatic rings. The van der Waals surface area contributed by atoms with E-state index < -0.39 is 6.10 Å². The van der Waals surface area contributed by atoms with E-state index in [4.69, 9.17) is 4.74 Å². The summed E-state index contributed by atoms with van der Waals surface area (Å²) >= 11 is 3.49. The average molecular weight is 585 g/mol. The van der Waals surface area contributed by atoms with Gasteiger partial charge in [-0.2, -0.15) is 0 Å². The Hall–Kier alpha value is -3.91. The van der Waals surface area contributed by atoms with Gasteiger partial charge in [0.1, 0.15) is 12.4 Å². The molecule has 0 spiro atoms. The van der Waals surface area contributed by atoms with Gasteiger partial charge in [0.25, 0.3) is 0 Å². The minimum Gasteiger partial charge on any atom is -0.487 e. The fraction of sp³-hybridized carbons (Fsp3) is 0.156. The number of fused-ring (bicyclic) bond motifs is 1. The smallest absolute Gasteiger partial charge is 0.248 e. The van der Waals surface area contributed by atoms with Crippen molar-refractivity contribution in [2.24, 2.45) is 0 Å². The van der Waals surface area contributed by atoms with Gasteiger partial charge in [0.2, 0.25) is 5.56 Å². The maximum Gasteiger partial charge on any atom is 0.248 e. The number of hydrogen-bond donors (Lipinski definition) is 4. The predicted octanol–water partition coefficient (Wildman–Crippen LogP) is 6.48. The highest BCUT2D eigenvalue weighted by Gasteiger charge is 2.15. The number of anilines is 2. The van der Waals surface area contributed by atoms with Crippen LogP contribution in [0.3, 0.4) is 0 Å². The van der Waals surface area contributed by atoms with E-state index in [0.717, 1.165) is 45.3 Å². The second kappa shape index (κ2) is 12.8. The van der Waals surface area contributed by atoms with Gasteiger partial charge >= 0.3 is 0 Å². The number of H-pyrrole nitrogens is 1. The molecule has 0 radical (unpaired) electrons. The minimum absolute atomic E-state index is 0.213. The summed E-state index contributed by atoms with van der Waals surface area (Å²) in [7, 11) is 0. The van der Waals surface area contributed by atoms with Crippen LogP contribution in [0.4, 0.5) is 11.4 Å². The van der Waals surface area contributed by atoms with Crippen LogP contribution in [0, 0.1) is 0 Å². The lowest BCUT2D eigenvalue weighted by molar-refractivity contribution is 0.176. The van der Waals surface area contributed by atoms with E-state index in [9.17, 15) is 9.90 Å². The summed E-state index contributed by atoms with van der Waals surface area (Å²) in [6, 6.07) is 33.2. The summed E-state index contributed by atoms with van der Waals surface area (Å²) in [4.78, 5) is 15.0. The highest BCUT2D eigenvalue weighted by Crippen LogP contribution is 2.30. The van der Waals surface area contributed by atoms with Crippen molar-refractivity contribution < 1.29 is 9.84 Å². The van der Waals surface area contributed by atoms with Crippen LogP contribution in [-0.4, -0.2) is 23.2 Å². The number of hydrogen-bond acceptors (Lipinski definition) is 5. The molecule has 4 aromatic carbocycles. The Balaban J connectivity index is 1.17. The van der Waals surface area contributed by atoms with Gasteiger partial charge in [-0.1, -0.05) is 70.5 Å². The van der Waals surface area contributed by atoms with Crippen LogP contribution in [0.5, 0.6) is 5.75 Å². The second-order valence-corrected chi connectivity index (χ2v) is 10.3. The molecular weight excluding hydrogens is 554 g/mol. The molecule has 198 valence electrons. The first-order valence-electron chi connectivity index (χ1n) is 12.9. The molecular formula is C32H30BrN3O3. The number of pyridine rings is 1. The zero-order valence-corrected chi connectivity index (χ0v) is 22.9. The Labute approximate surface area is 235 Å². The van der Waals surface area contributed by atoms with Crippen LogP contribution in [0.1, 0.15) is 22.8 Å². The molecule has 0 amide bonds. The van der Waals surface area contributed by atoms with Crippen LogP contribution in [0.25, 0.3) is 10.9 Å². The fourth-order valence-corrected chi connectivity index (χ4v) is 4.86. The van der Waals surface area contributed by atoms with Crippen LogP contribution in [-0.2, 0) is 13.0 Å². The third kappa shape index (κ3) is 7.15. The molecule has 0 aliphatic carbocycles. The van der Waals surface area contributed by atoms with E-state index >= 15 is 0 Å². The lowest BCUT2D eigenvalue weighted by atomic mass is 10.0. The number of aromatic nitrogens is 1. The van der Waals surface area contributed by atoms with E-state index in [-0.39, 0.29) is 5.56 Å². The molecule has 0 fully saturated rings. The van der Waals surface area contributed by atoms with E-state index in [1.54, 1.807) is 6.07 Å². The van der Waals surface area contributed by atoms with Crippen LogP contribution in [0.2, 0.25) is 0 Å². The van der Waals surface area contributed by atoms with Gasteiger partial charge in [0.15, 0.2) is 0 Å². The molecule has 0 aliphatic heterocycles.